The third-order valence-corrected chi connectivity index (χ3v) is 0.758. The summed E-state index contributed by atoms with van der Waals surface area (Å²) in [6.45, 7) is 0. The molecule has 1 heterocycles. The van der Waals surface area contributed by atoms with Gasteiger partial charge in [0.1, 0.15) is 5.69 Å². The molecule has 0 saturated heterocycles. The van der Waals surface area contributed by atoms with Crippen LogP contribution in [0.1, 0.15) is 5.69 Å². The second-order valence-electron chi connectivity index (χ2n) is 1.35. The Hall–Kier alpha value is -1.45. The van der Waals surface area contributed by atoms with Crippen LogP contribution in [0.3, 0.4) is 0 Å². The zero-order valence-electron chi connectivity index (χ0n) is 4.53. The minimum atomic E-state index is 0.623. The second-order valence-corrected chi connectivity index (χ2v) is 1.35. The summed E-state index contributed by atoms with van der Waals surface area (Å²) in [6.07, 6.45) is 5.92. The summed E-state index contributed by atoms with van der Waals surface area (Å²) >= 11 is 0. The van der Waals surface area contributed by atoms with Gasteiger partial charge in [0.05, 0.1) is 0 Å². The fourth-order valence-corrected chi connectivity index (χ4v) is 0.411. The van der Waals surface area contributed by atoms with E-state index in [1.165, 1.54) is 12.2 Å². The van der Waals surface area contributed by atoms with Crippen molar-refractivity contribution in [3.8, 4) is 0 Å². The van der Waals surface area contributed by atoms with Gasteiger partial charge in [0.2, 0.25) is 6.29 Å². The van der Waals surface area contributed by atoms with Gasteiger partial charge >= 0.3 is 0 Å². The predicted molar refractivity (Wildman–Crippen MR) is 31.1 cm³/mol. The second kappa shape index (κ2) is 2.76. The van der Waals surface area contributed by atoms with Gasteiger partial charge in [-0.05, 0) is 12.2 Å². The fourth-order valence-electron chi connectivity index (χ4n) is 0.411. The number of hydrogen-bond donors (Lipinski definition) is 1. The number of nitrogens with zero attached hydrogens (tertiary/aromatic N) is 2. The van der Waals surface area contributed by atoms with Gasteiger partial charge < -0.3 is 0 Å². The molecular formula is C5H4N3O. The molecular weight excluding hydrogens is 118 g/mol. The lowest BCUT2D eigenvalue weighted by atomic mass is 10.4. The Morgan fingerprint density at radius 2 is 2.67 bits per heavy atom. The third kappa shape index (κ3) is 1.49. The Bertz CT molecular complexity index is 202. The largest absolute Gasteiger partial charge is 0.286 e. The SMILES string of the molecule is O=[C]C=Cc1c[nH]nn1. The lowest BCUT2D eigenvalue weighted by molar-refractivity contribution is 0.564. The van der Waals surface area contributed by atoms with E-state index in [4.69, 9.17) is 0 Å². The van der Waals surface area contributed by atoms with Crippen molar-refractivity contribution in [3.63, 3.8) is 0 Å². The summed E-state index contributed by atoms with van der Waals surface area (Å²) in [6, 6.07) is 0. The molecule has 0 aliphatic rings. The maximum atomic E-state index is 9.63. The standard InChI is InChI=1S/C5H4N3O/c9-3-1-2-5-4-6-8-7-5/h1-2,4H,(H,6,7,8). The number of nitrogens with one attached hydrogen (secondary N) is 1. The molecule has 45 valence electrons. The Morgan fingerprint density at radius 1 is 1.78 bits per heavy atom. The normalized spacial score (nSPS) is 10.2. The van der Waals surface area contributed by atoms with Crippen LogP contribution in [0.4, 0.5) is 0 Å². The number of carbonyl (C=O) groups excluding carboxylic acids is 1. The first-order chi connectivity index (χ1) is 4.43. The molecule has 9 heavy (non-hydrogen) atoms. The van der Waals surface area contributed by atoms with Gasteiger partial charge in [0.15, 0.2) is 0 Å². The molecule has 4 heteroatoms. The van der Waals surface area contributed by atoms with Gasteiger partial charge in [-0.2, -0.15) is 0 Å². The summed E-state index contributed by atoms with van der Waals surface area (Å²) in [5, 5.41) is 9.50. The number of aromatic amines is 1. The quantitative estimate of drug-likeness (QED) is 0.558. The van der Waals surface area contributed by atoms with Crippen LogP contribution in [0.5, 0.6) is 0 Å². The molecule has 0 fully saturated rings. The summed E-state index contributed by atoms with van der Waals surface area (Å²) in [4.78, 5) is 9.63. The van der Waals surface area contributed by atoms with Crippen molar-refractivity contribution < 1.29 is 4.79 Å². The lowest BCUT2D eigenvalue weighted by Gasteiger charge is -1.70. The molecule has 1 radical (unpaired) electrons. The maximum absolute atomic E-state index is 9.63. The molecule has 1 aromatic heterocycles. The average molecular weight is 122 g/mol. The zero-order valence-corrected chi connectivity index (χ0v) is 4.53. The van der Waals surface area contributed by atoms with Crippen LogP contribution in [0.2, 0.25) is 0 Å². The van der Waals surface area contributed by atoms with Crippen LogP contribution in [0, 0.1) is 0 Å². The van der Waals surface area contributed by atoms with E-state index < -0.39 is 0 Å². The minimum absolute atomic E-state index is 0.623. The average Bonchev–Trinajstić information content (AvgIpc) is 2.34. The van der Waals surface area contributed by atoms with Crippen molar-refractivity contribution in [1.82, 2.24) is 15.4 Å². The van der Waals surface area contributed by atoms with E-state index in [0.29, 0.717) is 5.69 Å². The van der Waals surface area contributed by atoms with Gasteiger partial charge in [-0.1, -0.05) is 5.21 Å². The summed E-state index contributed by atoms with van der Waals surface area (Å²) in [5.74, 6) is 0. The molecule has 0 atom stereocenters. The number of allylic oxidation sites excluding steroid dienone is 1. The Balaban J connectivity index is 2.67. The van der Waals surface area contributed by atoms with Crippen molar-refractivity contribution >= 4 is 12.4 Å². The van der Waals surface area contributed by atoms with Crippen molar-refractivity contribution in [2.24, 2.45) is 0 Å². The fraction of sp³-hybridized carbons (Fsp3) is 0. The molecule has 0 aliphatic heterocycles. The van der Waals surface area contributed by atoms with Crippen molar-refractivity contribution in [1.29, 1.82) is 0 Å². The van der Waals surface area contributed by atoms with Crippen LogP contribution in [0.15, 0.2) is 12.3 Å². The monoisotopic (exact) mass is 122 g/mol. The molecule has 0 saturated carbocycles. The first-order valence-electron chi connectivity index (χ1n) is 2.34. The van der Waals surface area contributed by atoms with Crippen LogP contribution in [-0.4, -0.2) is 21.7 Å². The smallest absolute Gasteiger partial charge is 0.225 e. The molecule has 1 aromatic rings. The molecule has 0 spiro atoms. The Labute approximate surface area is 51.6 Å². The molecule has 1 N–H and O–H groups in total. The summed E-state index contributed by atoms with van der Waals surface area (Å²) in [5.41, 5.74) is 0.623. The van der Waals surface area contributed by atoms with Crippen LogP contribution >= 0.6 is 0 Å². The van der Waals surface area contributed by atoms with Gasteiger partial charge in [0.25, 0.3) is 0 Å². The number of H-pyrrole nitrogens is 1. The van der Waals surface area contributed by atoms with Gasteiger partial charge in [0, 0.05) is 6.20 Å². The van der Waals surface area contributed by atoms with Crippen LogP contribution < -0.4 is 0 Å². The van der Waals surface area contributed by atoms with E-state index in [-0.39, 0.29) is 0 Å². The highest BCUT2D eigenvalue weighted by Gasteiger charge is 1.84. The molecule has 0 unspecified atom stereocenters. The van der Waals surface area contributed by atoms with E-state index >= 15 is 0 Å². The molecule has 0 bridgehead atoms. The molecule has 0 aliphatic carbocycles. The van der Waals surface area contributed by atoms with Gasteiger partial charge in [-0.15, -0.1) is 5.10 Å². The predicted octanol–water partition coefficient (Wildman–Crippen LogP) is -0.0724. The molecule has 0 amide bonds. The first-order valence-corrected chi connectivity index (χ1v) is 2.34. The molecule has 1 rings (SSSR count). The van der Waals surface area contributed by atoms with E-state index in [1.807, 2.05) is 0 Å². The minimum Gasteiger partial charge on any atom is -0.286 e. The number of aromatic nitrogens is 3. The zero-order chi connectivity index (χ0) is 6.53. The van der Waals surface area contributed by atoms with Crippen LogP contribution in [-0.2, 0) is 4.79 Å². The third-order valence-electron chi connectivity index (χ3n) is 0.758. The highest BCUT2D eigenvalue weighted by molar-refractivity contribution is 5.73. The Morgan fingerprint density at radius 3 is 3.22 bits per heavy atom. The van der Waals surface area contributed by atoms with E-state index in [0.717, 1.165) is 0 Å². The number of hydrogen-bond acceptors (Lipinski definition) is 3. The summed E-state index contributed by atoms with van der Waals surface area (Å²) < 4.78 is 0. The van der Waals surface area contributed by atoms with Crippen molar-refractivity contribution in [2.45, 2.75) is 0 Å². The first kappa shape index (κ1) is 5.68. The van der Waals surface area contributed by atoms with Gasteiger partial charge in [-0.3, -0.25) is 9.89 Å². The van der Waals surface area contributed by atoms with Gasteiger partial charge in [-0.25, -0.2) is 0 Å². The van der Waals surface area contributed by atoms with E-state index in [9.17, 15) is 4.79 Å². The molecule has 0 aromatic carbocycles. The van der Waals surface area contributed by atoms with Crippen molar-refractivity contribution in [3.05, 3.63) is 18.0 Å². The van der Waals surface area contributed by atoms with E-state index in [2.05, 4.69) is 15.4 Å². The number of rotatable bonds is 2. The molecule has 4 nitrogen and oxygen atoms in total. The highest BCUT2D eigenvalue weighted by Crippen LogP contribution is 1.89. The Kier molecular flexibility index (Phi) is 1.74. The van der Waals surface area contributed by atoms with Crippen molar-refractivity contribution in [2.75, 3.05) is 0 Å². The topological polar surface area (TPSA) is 58.6 Å². The highest BCUT2D eigenvalue weighted by atomic mass is 16.1. The van der Waals surface area contributed by atoms with E-state index in [1.54, 1.807) is 12.5 Å². The summed E-state index contributed by atoms with van der Waals surface area (Å²) in [7, 11) is 0. The van der Waals surface area contributed by atoms with Crippen LogP contribution in [0.25, 0.3) is 6.08 Å². The lowest BCUT2D eigenvalue weighted by Crippen LogP contribution is -1.70. The maximum Gasteiger partial charge on any atom is 0.225 e.